The van der Waals surface area contributed by atoms with E-state index in [4.69, 9.17) is 0 Å². The molecule has 0 N–H and O–H groups in total. The van der Waals surface area contributed by atoms with Gasteiger partial charge in [-0.05, 0) is 30.7 Å². The second-order valence-corrected chi connectivity index (χ2v) is 3.97. The zero-order chi connectivity index (χ0) is 9.80. The minimum atomic E-state index is 1.02. The highest BCUT2D eigenvalue weighted by atomic mass is 79.9. The van der Waals surface area contributed by atoms with E-state index in [1.54, 1.807) is 0 Å². The van der Waals surface area contributed by atoms with Crippen molar-refractivity contribution < 1.29 is 0 Å². The van der Waals surface area contributed by atoms with E-state index in [9.17, 15) is 0 Å². The molecule has 0 atom stereocenters. The van der Waals surface area contributed by atoms with Crippen molar-refractivity contribution in [3.63, 3.8) is 0 Å². The first-order chi connectivity index (χ1) is 6.84. The average Bonchev–Trinajstić information content (AvgIpc) is 2.70. The van der Waals surface area contributed by atoms with Gasteiger partial charge in [-0.1, -0.05) is 46.0 Å². The van der Waals surface area contributed by atoms with E-state index in [0.717, 1.165) is 22.0 Å². The van der Waals surface area contributed by atoms with Gasteiger partial charge < -0.3 is 0 Å². The van der Waals surface area contributed by atoms with Crippen molar-refractivity contribution in [1.82, 2.24) is 0 Å². The Kier molecular flexibility index (Phi) is 2.86. The number of halogens is 1. The average molecular weight is 245 g/mol. The summed E-state index contributed by atoms with van der Waals surface area (Å²) in [7, 11) is 0. The molecule has 0 fully saturated rings. The quantitative estimate of drug-likeness (QED) is 0.611. The maximum atomic E-state index is 3.39. The van der Waals surface area contributed by atoms with Gasteiger partial charge in [0.2, 0.25) is 0 Å². The summed E-state index contributed by atoms with van der Waals surface area (Å²) in [5.41, 5.74) is 2.17. The molecule has 0 saturated heterocycles. The molecule has 0 aliphatic heterocycles. The molecule has 0 amide bonds. The fourth-order valence-corrected chi connectivity index (χ4v) is 1.49. The van der Waals surface area contributed by atoms with Crippen LogP contribution in [-0.4, -0.2) is 0 Å². The van der Waals surface area contributed by atoms with Crippen molar-refractivity contribution in [2.24, 2.45) is 0 Å². The SMILES string of the molecule is Brc1ccc(C#CC2=CCC=C2)cc1. The van der Waals surface area contributed by atoms with Crippen LogP contribution in [0, 0.1) is 11.8 Å². The summed E-state index contributed by atoms with van der Waals surface area (Å²) >= 11 is 3.39. The molecule has 68 valence electrons. The Balaban J connectivity index is 2.17. The molecule has 2 rings (SSSR count). The van der Waals surface area contributed by atoms with E-state index in [2.05, 4.69) is 46.0 Å². The van der Waals surface area contributed by atoms with Gasteiger partial charge in [0.1, 0.15) is 0 Å². The lowest BCUT2D eigenvalue weighted by Crippen LogP contribution is -1.73. The monoisotopic (exact) mass is 244 g/mol. The lowest BCUT2D eigenvalue weighted by Gasteiger charge is -1.90. The van der Waals surface area contributed by atoms with Gasteiger partial charge in [0.25, 0.3) is 0 Å². The van der Waals surface area contributed by atoms with Gasteiger partial charge >= 0.3 is 0 Å². The summed E-state index contributed by atoms with van der Waals surface area (Å²) in [5.74, 6) is 6.25. The highest BCUT2D eigenvalue weighted by molar-refractivity contribution is 9.10. The summed E-state index contributed by atoms with van der Waals surface area (Å²) in [6.07, 6.45) is 7.33. The number of hydrogen-bond acceptors (Lipinski definition) is 0. The van der Waals surface area contributed by atoms with E-state index >= 15 is 0 Å². The van der Waals surface area contributed by atoms with Gasteiger partial charge in [0.05, 0.1) is 0 Å². The third kappa shape index (κ3) is 2.37. The van der Waals surface area contributed by atoms with Crippen molar-refractivity contribution >= 4 is 15.9 Å². The second-order valence-electron chi connectivity index (χ2n) is 3.05. The van der Waals surface area contributed by atoms with Crippen LogP contribution in [0.4, 0.5) is 0 Å². The van der Waals surface area contributed by atoms with Crippen molar-refractivity contribution in [3.8, 4) is 11.8 Å². The molecule has 0 bridgehead atoms. The number of hydrogen-bond donors (Lipinski definition) is 0. The first-order valence-electron chi connectivity index (χ1n) is 4.49. The molecule has 0 saturated carbocycles. The van der Waals surface area contributed by atoms with Crippen LogP contribution in [0.2, 0.25) is 0 Å². The summed E-state index contributed by atoms with van der Waals surface area (Å²) in [4.78, 5) is 0. The minimum absolute atomic E-state index is 1.02. The van der Waals surface area contributed by atoms with E-state index < -0.39 is 0 Å². The predicted octanol–water partition coefficient (Wildman–Crippen LogP) is 3.69. The van der Waals surface area contributed by atoms with E-state index in [1.807, 2.05) is 24.3 Å². The summed E-state index contributed by atoms with van der Waals surface area (Å²) in [5, 5.41) is 0. The molecule has 1 aromatic rings. The molecule has 1 aromatic carbocycles. The van der Waals surface area contributed by atoms with Crippen LogP contribution in [0.15, 0.2) is 52.5 Å². The molecule has 0 unspecified atom stereocenters. The van der Waals surface area contributed by atoms with Crippen molar-refractivity contribution in [2.75, 3.05) is 0 Å². The standard InChI is InChI=1S/C13H9Br/c14-13-9-7-12(8-10-13)6-5-11-3-1-2-4-11/h1,3-4,7-10H,2H2. The normalized spacial score (nSPS) is 13.4. The molecular formula is C13H9Br. The highest BCUT2D eigenvalue weighted by Crippen LogP contribution is 2.10. The Morgan fingerprint density at radius 2 is 1.86 bits per heavy atom. The topological polar surface area (TPSA) is 0 Å². The molecule has 0 aromatic heterocycles. The fourth-order valence-electron chi connectivity index (χ4n) is 1.23. The molecule has 1 aliphatic carbocycles. The minimum Gasteiger partial charge on any atom is -0.0795 e. The van der Waals surface area contributed by atoms with E-state index in [1.165, 1.54) is 0 Å². The fraction of sp³-hybridized carbons (Fsp3) is 0.0769. The molecule has 0 nitrogen and oxygen atoms in total. The largest absolute Gasteiger partial charge is 0.0795 e. The van der Waals surface area contributed by atoms with Crippen molar-refractivity contribution in [2.45, 2.75) is 6.42 Å². The van der Waals surface area contributed by atoms with Crippen LogP contribution < -0.4 is 0 Å². The van der Waals surface area contributed by atoms with Gasteiger partial charge in [-0.3, -0.25) is 0 Å². The third-order valence-corrected chi connectivity index (χ3v) is 2.50. The Morgan fingerprint density at radius 3 is 2.50 bits per heavy atom. The van der Waals surface area contributed by atoms with Crippen molar-refractivity contribution in [1.29, 1.82) is 0 Å². The molecule has 0 spiro atoms. The molecule has 14 heavy (non-hydrogen) atoms. The first kappa shape index (κ1) is 9.30. The molecule has 1 heteroatoms. The number of rotatable bonds is 0. The molecular weight excluding hydrogens is 236 g/mol. The van der Waals surface area contributed by atoms with Crippen LogP contribution in [0.1, 0.15) is 12.0 Å². The first-order valence-corrected chi connectivity index (χ1v) is 5.28. The highest BCUT2D eigenvalue weighted by Gasteiger charge is 1.91. The zero-order valence-corrected chi connectivity index (χ0v) is 9.21. The Labute approximate surface area is 92.5 Å². The van der Waals surface area contributed by atoms with Crippen LogP contribution in [0.3, 0.4) is 0 Å². The van der Waals surface area contributed by atoms with Crippen LogP contribution in [0.25, 0.3) is 0 Å². The number of benzene rings is 1. The van der Waals surface area contributed by atoms with Crippen LogP contribution in [0.5, 0.6) is 0 Å². The van der Waals surface area contributed by atoms with E-state index in [-0.39, 0.29) is 0 Å². The van der Waals surface area contributed by atoms with Gasteiger partial charge in [-0.15, -0.1) is 0 Å². The Bertz CT molecular complexity index is 438. The smallest absolute Gasteiger partial charge is 0.0249 e. The van der Waals surface area contributed by atoms with Gasteiger partial charge in [0, 0.05) is 15.6 Å². The zero-order valence-electron chi connectivity index (χ0n) is 7.63. The van der Waals surface area contributed by atoms with E-state index in [0.29, 0.717) is 0 Å². The summed E-state index contributed by atoms with van der Waals surface area (Å²) in [6.45, 7) is 0. The lowest BCUT2D eigenvalue weighted by molar-refractivity contribution is 1.44. The summed E-state index contributed by atoms with van der Waals surface area (Å²) < 4.78 is 1.09. The Morgan fingerprint density at radius 1 is 1.07 bits per heavy atom. The predicted molar refractivity (Wildman–Crippen MR) is 62.9 cm³/mol. The molecule has 0 radical (unpaired) electrons. The number of allylic oxidation sites excluding steroid dienone is 4. The third-order valence-electron chi connectivity index (χ3n) is 1.97. The summed E-state index contributed by atoms with van der Waals surface area (Å²) in [6, 6.07) is 8.03. The maximum absolute atomic E-state index is 3.39. The van der Waals surface area contributed by atoms with Gasteiger partial charge in [-0.25, -0.2) is 0 Å². The molecule has 0 heterocycles. The Hall–Kier alpha value is -1.26. The van der Waals surface area contributed by atoms with Gasteiger partial charge in [0.15, 0.2) is 0 Å². The van der Waals surface area contributed by atoms with Crippen LogP contribution in [-0.2, 0) is 0 Å². The lowest BCUT2D eigenvalue weighted by atomic mass is 10.2. The van der Waals surface area contributed by atoms with Crippen molar-refractivity contribution in [3.05, 3.63) is 58.1 Å². The maximum Gasteiger partial charge on any atom is 0.0249 e. The molecule has 1 aliphatic rings. The second kappa shape index (κ2) is 4.30. The van der Waals surface area contributed by atoms with Gasteiger partial charge in [-0.2, -0.15) is 0 Å². The van der Waals surface area contributed by atoms with Crippen LogP contribution >= 0.6 is 15.9 Å².